The number of nitrogens with zero attached hydrogens (tertiary/aromatic N) is 4. The van der Waals surface area contributed by atoms with Crippen molar-refractivity contribution >= 4 is 10.0 Å². The quantitative estimate of drug-likeness (QED) is 0.718. The first-order chi connectivity index (χ1) is 8.04. The maximum absolute atomic E-state index is 13.3. The van der Waals surface area contributed by atoms with Crippen LogP contribution in [0.15, 0.2) is 23.4 Å². The highest BCUT2D eigenvalue weighted by Gasteiger charge is 2.28. The molecule has 0 spiro atoms. The monoisotopic (exact) mass is 254 g/mol. The van der Waals surface area contributed by atoms with E-state index >= 15 is 0 Å². The molecule has 88 valence electrons. The third-order valence-electron chi connectivity index (χ3n) is 1.80. The van der Waals surface area contributed by atoms with Gasteiger partial charge in [-0.25, -0.2) is 17.8 Å². The Hall–Kier alpha value is -2.03. The van der Waals surface area contributed by atoms with Crippen molar-refractivity contribution in [1.29, 1.82) is 10.5 Å². The zero-order valence-electron chi connectivity index (χ0n) is 8.54. The van der Waals surface area contributed by atoms with Crippen molar-refractivity contribution in [2.45, 2.75) is 5.03 Å². The number of hydrogen-bond donors (Lipinski definition) is 0. The Morgan fingerprint density at radius 1 is 1.35 bits per heavy atom. The van der Waals surface area contributed by atoms with Gasteiger partial charge in [-0.2, -0.15) is 14.8 Å². The lowest BCUT2D eigenvalue weighted by Gasteiger charge is -2.15. The summed E-state index contributed by atoms with van der Waals surface area (Å²) in [6.07, 6.45) is 1.12. The molecule has 1 aromatic heterocycles. The van der Waals surface area contributed by atoms with Gasteiger partial charge in [-0.1, -0.05) is 0 Å². The molecule has 0 unspecified atom stereocenters. The molecule has 0 aromatic carbocycles. The van der Waals surface area contributed by atoms with Gasteiger partial charge in [0.25, 0.3) is 10.0 Å². The predicted octanol–water partition coefficient (Wildman–Crippen LogP) is 0.259. The van der Waals surface area contributed by atoms with E-state index in [1.54, 1.807) is 12.1 Å². The Labute approximate surface area is 97.6 Å². The molecule has 0 aliphatic rings. The SMILES string of the molecule is N#CCN(CC#N)S(=O)(=O)c1ncccc1F. The Morgan fingerprint density at radius 2 is 1.94 bits per heavy atom. The predicted molar refractivity (Wildman–Crippen MR) is 54.2 cm³/mol. The first-order valence-electron chi connectivity index (χ1n) is 4.38. The number of pyridine rings is 1. The van der Waals surface area contributed by atoms with Crippen molar-refractivity contribution in [3.63, 3.8) is 0 Å². The minimum Gasteiger partial charge on any atom is -0.241 e. The molecule has 1 aromatic rings. The van der Waals surface area contributed by atoms with Crippen molar-refractivity contribution in [2.24, 2.45) is 0 Å². The van der Waals surface area contributed by atoms with Crippen LogP contribution in [0.3, 0.4) is 0 Å². The van der Waals surface area contributed by atoms with E-state index in [4.69, 9.17) is 10.5 Å². The molecular formula is C9H7FN4O2S. The van der Waals surface area contributed by atoms with Gasteiger partial charge < -0.3 is 0 Å². The van der Waals surface area contributed by atoms with Crippen molar-refractivity contribution in [1.82, 2.24) is 9.29 Å². The van der Waals surface area contributed by atoms with Gasteiger partial charge in [0.15, 0.2) is 5.82 Å². The van der Waals surface area contributed by atoms with E-state index in [-0.39, 0.29) is 0 Å². The number of sulfonamides is 1. The first-order valence-corrected chi connectivity index (χ1v) is 5.82. The Morgan fingerprint density at radius 3 is 2.41 bits per heavy atom. The molecule has 0 saturated carbocycles. The van der Waals surface area contributed by atoms with Gasteiger partial charge in [-0.3, -0.25) is 0 Å². The topological polar surface area (TPSA) is 97.9 Å². The van der Waals surface area contributed by atoms with Crippen LogP contribution in [0.1, 0.15) is 0 Å². The Kier molecular flexibility index (Phi) is 4.10. The zero-order valence-corrected chi connectivity index (χ0v) is 9.35. The van der Waals surface area contributed by atoms with Crippen molar-refractivity contribution in [3.05, 3.63) is 24.1 Å². The molecule has 0 atom stereocenters. The number of aromatic nitrogens is 1. The highest BCUT2D eigenvalue weighted by Crippen LogP contribution is 2.15. The van der Waals surface area contributed by atoms with Crippen LogP contribution >= 0.6 is 0 Å². The normalized spacial score (nSPS) is 10.8. The molecule has 1 heterocycles. The lowest BCUT2D eigenvalue weighted by atomic mass is 10.5. The molecule has 0 aliphatic carbocycles. The summed E-state index contributed by atoms with van der Waals surface area (Å²) >= 11 is 0. The second kappa shape index (κ2) is 5.34. The standard InChI is InChI=1S/C9H7FN4O2S/c10-8-2-1-5-13-9(8)17(15,16)14(6-3-11)7-4-12/h1-2,5H,6-7H2. The number of hydrogen-bond acceptors (Lipinski definition) is 5. The number of halogens is 1. The number of rotatable bonds is 4. The highest BCUT2D eigenvalue weighted by atomic mass is 32.2. The second-order valence-electron chi connectivity index (χ2n) is 2.88. The lowest BCUT2D eigenvalue weighted by molar-refractivity contribution is 0.466. The molecule has 8 heteroatoms. The molecule has 17 heavy (non-hydrogen) atoms. The zero-order chi connectivity index (χ0) is 12.9. The van der Waals surface area contributed by atoms with Gasteiger partial charge in [-0.05, 0) is 12.1 Å². The van der Waals surface area contributed by atoms with Gasteiger partial charge in [-0.15, -0.1) is 0 Å². The summed E-state index contributed by atoms with van der Waals surface area (Å²) in [7, 11) is -4.25. The maximum atomic E-state index is 13.3. The minimum absolute atomic E-state index is 0.536. The highest BCUT2D eigenvalue weighted by molar-refractivity contribution is 7.89. The summed E-state index contributed by atoms with van der Waals surface area (Å²) in [5.74, 6) is -1.02. The summed E-state index contributed by atoms with van der Waals surface area (Å²) in [4.78, 5) is 3.41. The fraction of sp³-hybridized carbons (Fsp3) is 0.222. The van der Waals surface area contributed by atoms with Gasteiger partial charge in [0, 0.05) is 6.20 Å². The maximum Gasteiger partial charge on any atom is 0.265 e. The summed E-state index contributed by atoms with van der Waals surface area (Å²) in [6, 6.07) is 5.37. The molecule has 0 aliphatic heterocycles. The van der Waals surface area contributed by atoms with E-state index in [1.165, 1.54) is 6.07 Å². The van der Waals surface area contributed by atoms with Crippen LogP contribution in [0.2, 0.25) is 0 Å². The summed E-state index contributed by atoms with van der Waals surface area (Å²) < 4.78 is 37.6. The van der Waals surface area contributed by atoms with Crippen LogP contribution in [0, 0.1) is 28.5 Å². The Bertz CT molecular complexity index is 572. The minimum atomic E-state index is -4.25. The fourth-order valence-corrected chi connectivity index (χ4v) is 2.28. The van der Waals surface area contributed by atoms with Crippen LogP contribution in [0.4, 0.5) is 4.39 Å². The van der Waals surface area contributed by atoms with E-state index in [9.17, 15) is 12.8 Å². The molecular weight excluding hydrogens is 247 g/mol. The van der Waals surface area contributed by atoms with E-state index in [2.05, 4.69) is 4.98 Å². The smallest absolute Gasteiger partial charge is 0.241 e. The van der Waals surface area contributed by atoms with Gasteiger partial charge in [0.05, 0.1) is 12.1 Å². The van der Waals surface area contributed by atoms with E-state index in [1.807, 2.05) is 0 Å². The number of nitriles is 2. The largest absolute Gasteiger partial charge is 0.265 e. The molecule has 0 bridgehead atoms. The average molecular weight is 254 g/mol. The summed E-state index contributed by atoms with van der Waals surface area (Å²) in [5.41, 5.74) is 0. The molecule has 0 saturated heterocycles. The van der Waals surface area contributed by atoms with Crippen molar-refractivity contribution < 1.29 is 12.8 Å². The van der Waals surface area contributed by atoms with Crippen LogP contribution < -0.4 is 0 Å². The third kappa shape index (κ3) is 2.75. The summed E-state index contributed by atoms with van der Waals surface area (Å²) in [5, 5.41) is 16.1. The summed E-state index contributed by atoms with van der Waals surface area (Å²) in [6.45, 7) is -1.07. The fourth-order valence-electron chi connectivity index (χ4n) is 1.07. The Balaban J connectivity index is 3.23. The molecule has 6 nitrogen and oxygen atoms in total. The van der Waals surface area contributed by atoms with Gasteiger partial charge >= 0.3 is 0 Å². The average Bonchev–Trinajstić information content (AvgIpc) is 2.29. The lowest BCUT2D eigenvalue weighted by Crippen LogP contribution is -2.33. The van der Waals surface area contributed by atoms with Crippen LogP contribution in [-0.4, -0.2) is 30.8 Å². The molecule has 1 rings (SSSR count). The second-order valence-corrected chi connectivity index (χ2v) is 4.73. The van der Waals surface area contributed by atoms with Crippen LogP contribution in [-0.2, 0) is 10.0 Å². The van der Waals surface area contributed by atoms with Crippen molar-refractivity contribution in [3.8, 4) is 12.1 Å². The van der Waals surface area contributed by atoms with Crippen LogP contribution in [0.25, 0.3) is 0 Å². The van der Waals surface area contributed by atoms with Crippen molar-refractivity contribution in [2.75, 3.05) is 13.1 Å². The molecule has 0 fully saturated rings. The first kappa shape index (κ1) is 13.0. The third-order valence-corrected chi connectivity index (χ3v) is 3.53. The molecule has 0 radical (unpaired) electrons. The molecule has 0 amide bonds. The van der Waals surface area contributed by atoms with E-state index < -0.39 is 34.0 Å². The van der Waals surface area contributed by atoms with Crippen LogP contribution in [0.5, 0.6) is 0 Å². The molecule has 0 N–H and O–H groups in total. The van der Waals surface area contributed by atoms with E-state index in [0.29, 0.717) is 4.31 Å². The van der Waals surface area contributed by atoms with Gasteiger partial charge in [0.1, 0.15) is 13.1 Å². The van der Waals surface area contributed by atoms with Gasteiger partial charge in [0.2, 0.25) is 5.03 Å². The van der Waals surface area contributed by atoms with E-state index in [0.717, 1.165) is 12.3 Å².